The first kappa shape index (κ1) is 12.2. The van der Waals surface area contributed by atoms with Crippen LogP contribution in [0.2, 0.25) is 0 Å². The van der Waals surface area contributed by atoms with Crippen molar-refractivity contribution in [2.75, 3.05) is 26.2 Å². The van der Waals surface area contributed by atoms with Gasteiger partial charge in [-0.3, -0.25) is 4.79 Å². The van der Waals surface area contributed by atoms with E-state index in [1.807, 2.05) is 23.1 Å². The number of benzene rings is 1. The number of aryl methyl sites for hydroxylation is 1. The molecule has 4 nitrogen and oxygen atoms in total. The monoisotopic (exact) mass is 257 g/mol. The molecule has 1 aliphatic rings. The van der Waals surface area contributed by atoms with Crippen molar-refractivity contribution >= 4 is 16.8 Å². The average Bonchev–Trinajstić information content (AvgIpc) is 2.67. The van der Waals surface area contributed by atoms with Gasteiger partial charge in [-0.2, -0.15) is 0 Å². The summed E-state index contributed by atoms with van der Waals surface area (Å²) in [7, 11) is 0. The van der Waals surface area contributed by atoms with Crippen LogP contribution < -0.4 is 5.32 Å². The number of carbonyl (C=O) groups excluding carboxylic acids is 1. The Hall–Kier alpha value is -1.81. The lowest BCUT2D eigenvalue weighted by molar-refractivity contribution is 0.0761. The first-order valence-electron chi connectivity index (χ1n) is 6.84. The Kier molecular flexibility index (Phi) is 3.25. The Morgan fingerprint density at radius 3 is 3.00 bits per heavy atom. The maximum atomic E-state index is 12.5. The lowest BCUT2D eigenvalue weighted by Crippen LogP contribution is -2.34. The molecule has 2 N–H and O–H groups in total. The van der Waals surface area contributed by atoms with Crippen molar-refractivity contribution in [3.05, 3.63) is 35.5 Å². The van der Waals surface area contributed by atoms with E-state index < -0.39 is 0 Å². The molecular formula is C15H19N3O. The van der Waals surface area contributed by atoms with Gasteiger partial charge in [0, 0.05) is 30.5 Å². The molecule has 1 aliphatic heterocycles. The lowest BCUT2D eigenvalue weighted by Gasteiger charge is -2.18. The molecule has 0 spiro atoms. The molecule has 19 heavy (non-hydrogen) atoms. The van der Waals surface area contributed by atoms with Crippen molar-refractivity contribution in [2.45, 2.75) is 13.3 Å². The van der Waals surface area contributed by atoms with Crippen LogP contribution in [0.4, 0.5) is 0 Å². The number of rotatable bonds is 1. The van der Waals surface area contributed by atoms with Crippen molar-refractivity contribution in [1.29, 1.82) is 0 Å². The van der Waals surface area contributed by atoms with Crippen LogP contribution in [0.25, 0.3) is 10.9 Å². The summed E-state index contributed by atoms with van der Waals surface area (Å²) in [4.78, 5) is 17.7. The number of nitrogens with one attached hydrogen (secondary N) is 2. The zero-order valence-corrected chi connectivity index (χ0v) is 11.2. The fraction of sp³-hybridized carbons (Fsp3) is 0.400. The number of hydrogen-bond acceptors (Lipinski definition) is 2. The van der Waals surface area contributed by atoms with E-state index >= 15 is 0 Å². The van der Waals surface area contributed by atoms with Crippen molar-refractivity contribution in [3.8, 4) is 0 Å². The van der Waals surface area contributed by atoms with E-state index in [-0.39, 0.29) is 5.91 Å². The second kappa shape index (κ2) is 5.05. The molecule has 4 heteroatoms. The maximum Gasteiger partial charge on any atom is 0.270 e. The SMILES string of the molecule is Cc1cccc2[nH]c(C(=O)N3CCCNCC3)cc12. The van der Waals surface area contributed by atoms with E-state index in [4.69, 9.17) is 0 Å². The van der Waals surface area contributed by atoms with E-state index in [2.05, 4.69) is 23.3 Å². The van der Waals surface area contributed by atoms with E-state index in [9.17, 15) is 4.79 Å². The van der Waals surface area contributed by atoms with E-state index in [0.29, 0.717) is 5.69 Å². The molecule has 100 valence electrons. The Morgan fingerprint density at radius 2 is 2.16 bits per heavy atom. The first-order chi connectivity index (χ1) is 9.25. The van der Waals surface area contributed by atoms with Gasteiger partial charge >= 0.3 is 0 Å². The third-order valence-corrected chi connectivity index (χ3v) is 3.74. The average molecular weight is 257 g/mol. The number of hydrogen-bond donors (Lipinski definition) is 2. The molecule has 2 aromatic rings. The summed E-state index contributed by atoms with van der Waals surface area (Å²) in [6.45, 7) is 5.56. The number of aromatic nitrogens is 1. The molecule has 0 aliphatic carbocycles. The number of fused-ring (bicyclic) bond motifs is 1. The van der Waals surface area contributed by atoms with Crippen LogP contribution in [0.15, 0.2) is 24.3 Å². The normalized spacial score (nSPS) is 16.6. The molecule has 1 aromatic heterocycles. The topological polar surface area (TPSA) is 48.1 Å². The number of aromatic amines is 1. The highest BCUT2D eigenvalue weighted by Crippen LogP contribution is 2.20. The second-order valence-corrected chi connectivity index (χ2v) is 5.11. The van der Waals surface area contributed by atoms with Crippen LogP contribution in [-0.4, -0.2) is 42.0 Å². The van der Waals surface area contributed by atoms with Crippen molar-refractivity contribution < 1.29 is 4.79 Å². The van der Waals surface area contributed by atoms with Gasteiger partial charge in [0.1, 0.15) is 5.69 Å². The zero-order chi connectivity index (χ0) is 13.2. The quantitative estimate of drug-likeness (QED) is 0.820. The van der Waals surface area contributed by atoms with Gasteiger partial charge in [0.15, 0.2) is 0 Å². The van der Waals surface area contributed by atoms with E-state index in [1.165, 1.54) is 5.56 Å². The van der Waals surface area contributed by atoms with Crippen LogP contribution in [0, 0.1) is 6.92 Å². The minimum absolute atomic E-state index is 0.110. The Labute approximate surface area is 112 Å². The molecular weight excluding hydrogens is 238 g/mol. The predicted molar refractivity (Wildman–Crippen MR) is 76.4 cm³/mol. The summed E-state index contributed by atoms with van der Waals surface area (Å²) in [6.07, 6.45) is 1.02. The van der Waals surface area contributed by atoms with Gasteiger partial charge in [0.2, 0.25) is 0 Å². The molecule has 3 rings (SSSR count). The minimum Gasteiger partial charge on any atom is -0.351 e. The fourth-order valence-corrected chi connectivity index (χ4v) is 2.64. The summed E-state index contributed by atoms with van der Waals surface area (Å²) in [5.41, 5.74) is 2.94. The predicted octanol–water partition coefficient (Wildman–Crippen LogP) is 1.91. The number of nitrogens with zero attached hydrogens (tertiary/aromatic N) is 1. The zero-order valence-electron chi connectivity index (χ0n) is 11.2. The van der Waals surface area contributed by atoms with Gasteiger partial charge in [-0.25, -0.2) is 0 Å². The van der Waals surface area contributed by atoms with Crippen LogP contribution in [0.5, 0.6) is 0 Å². The molecule has 1 amide bonds. The molecule has 0 atom stereocenters. The standard InChI is InChI=1S/C15H19N3O/c1-11-4-2-5-13-12(11)10-14(17-13)15(19)18-8-3-6-16-7-9-18/h2,4-5,10,16-17H,3,6-9H2,1H3. The smallest absolute Gasteiger partial charge is 0.270 e. The molecule has 0 bridgehead atoms. The van der Waals surface area contributed by atoms with Gasteiger partial charge in [-0.05, 0) is 37.6 Å². The molecule has 1 fully saturated rings. The molecule has 2 heterocycles. The first-order valence-corrected chi connectivity index (χ1v) is 6.84. The molecule has 0 unspecified atom stereocenters. The second-order valence-electron chi connectivity index (χ2n) is 5.11. The number of H-pyrrole nitrogens is 1. The summed E-state index contributed by atoms with van der Waals surface area (Å²) in [5.74, 6) is 0.110. The minimum atomic E-state index is 0.110. The molecule has 0 saturated carbocycles. The third kappa shape index (κ3) is 2.36. The van der Waals surface area contributed by atoms with Crippen molar-refractivity contribution in [3.63, 3.8) is 0 Å². The molecule has 1 saturated heterocycles. The lowest BCUT2D eigenvalue weighted by atomic mass is 10.1. The van der Waals surface area contributed by atoms with Crippen LogP contribution >= 0.6 is 0 Å². The summed E-state index contributed by atoms with van der Waals surface area (Å²) in [6, 6.07) is 8.08. The number of carbonyl (C=O) groups is 1. The van der Waals surface area contributed by atoms with Gasteiger partial charge in [-0.1, -0.05) is 12.1 Å². The maximum absolute atomic E-state index is 12.5. The Morgan fingerprint density at radius 1 is 1.26 bits per heavy atom. The highest BCUT2D eigenvalue weighted by atomic mass is 16.2. The summed E-state index contributed by atoms with van der Waals surface area (Å²) < 4.78 is 0. The van der Waals surface area contributed by atoms with Crippen LogP contribution in [0.3, 0.4) is 0 Å². The molecule has 1 aromatic carbocycles. The van der Waals surface area contributed by atoms with Crippen molar-refractivity contribution in [1.82, 2.24) is 15.2 Å². The highest BCUT2D eigenvalue weighted by Gasteiger charge is 2.19. The fourth-order valence-electron chi connectivity index (χ4n) is 2.64. The summed E-state index contributed by atoms with van der Waals surface area (Å²) in [5, 5.41) is 4.45. The summed E-state index contributed by atoms with van der Waals surface area (Å²) >= 11 is 0. The van der Waals surface area contributed by atoms with Gasteiger partial charge < -0.3 is 15.2 Å². The largest absolute Gasteiger partial charge is 0.351 e. The van der Waals surface area contributed by atoms with Gasteiger partial charge in [0.05, 0.1) is 0 Å². The van der Waals surface area contributed by atoms with Gasteiger partial charge in [-0.15, -0.1) is 0 Å². The van der Waals surface area contributed by atoms with Crippen LogP contribution in [0.1, 0.15) is 22.5 Å². The van der Waals surface area contributed by atoms with Gasteiger partial charge in [0.25, 0.3) is 5.91 Å². The highest BCUT2D eigenvalue weighted by molar-refractivity contribution is 5.98. The Balaban J connectivity index is 1.90. The third-order valence-electron chi connectivity index (χ3n) is 3.74. The molecule has 0 radical (unpaired) electrons. The van der Waals surface area contributed by atoms with Crippen LogP contribution in [-0.2, 0) is 0 Å². The van der Waals surface area contributed by atoms with E-state index in [0.717, 1.165) is 43.5 Å². The van der Waals surface area contributed by atoms with Crippen molar-refractivity contribution in [2.24, 2.45) is 0 Å². The Bertz CT molecular complexity index is 594. The van der Waals surface area contributed by atoms with E-state index in [1.54, 1.807) is 0 Å². The number of amides is 1.